The van der Waals surface area contributed by atoms with Gasteiger partial charge in [-0.3, -0.25) is 19.4 Å². The second-order valence-corrected chi connectivity index (χ2v) is 8.03. The smallest absolute Gasteiger partial charge is 0.237 e. The lowest BCUT2D eigenvalue weighted by atomic mass is 10.2. The van der Waals surface area contributed by atoms with E-state index in [1.54, 1.807) is 0 Å². The Kier molecular flexibility index (Phi) is 10.1. The molecule has 2 rings (SSSR count). The van der Waals surface area contributed by atoms with Crippen molar-refractivity contribution >= 4 is 11.8 Å². The van der Waals surface area contributed by atoms with Crippen molar-refractivity contribution in [1.82, 2.24) is 20.4 Å². The predicted octanol–water partition coefficient (Wildman–Crippen LogP) is 2.14. The molecule has 0 aromatic heterocycles. The largest absolute Gasteiger partial charge is 0.355 e. The van der Waals surface area contributed by atoms with Crippen molar-refractivity contribution in [3.05, 3.63) is 0 Å². The maximum absolute atomic E-state index is 12.4. The van der Waals surface area contributed by atoms with Crippen molar-refractivity contribution in [2.45, 2.75) is 83.7 Å². The SMILES string of the molecule is CCCCNC(=O)[C@@H]1CCCN1CCCN1CCC[C@H]1C(=O)NCCCC. The molecule has 2 saturated heterocycles. The van der Waals surface area contributed by atoms with Crippen LogP contribution in [0.1, 0.15) is 71.6 Å². The molecule has 0 unspecified atom stereocenters. The van der Waals surface area contributed by atoms with Gasteiger partial charge in [0.15, 0.2) is 0 Å². The molecule has 2 amide bonds. The van der Waals surface area contributed by atoms with Crippen LogP contribution >= 0.6 is 0 Å². The monoisotopic (exact) mass is 380 g/mol. The third-order valence-electron chi connectivity index (χ3n) is 5.88. The van der Waals surface area contributed by atoms with Gasteiger partial charge in [0.2, 0.25) is 11.8 Å². The summed E-state index contributed by atoms with van der Waals surface area (Å²) in [5, 5.41) is 6.18. The molecule has 27 heavy (non-hydrogen) atoms. The summed E-state index contributed by atoms with van der Waals surface area (Å²) in [6.45, 7) is 9.82. The molecule has 0 bridgehead atoms. The highest BCUT2D eigenvalue weighted by Gasteiger charge is 2.32. The molecule has 2 aliphatic rings. The average Bonchev–Trinajstić information content (AvgIpc) is 3.31. The summed E-state index contributed by atoms with van der Waals surface area (Å²) in [5.41, 5.74) is 0. The zero-order chi connectivity index (χ0) is 19.5. The minimum atomic E-state index is 0.0496. The molecule has 156 valence electrons. The van der Waals surface area contributed by atoms with Crippen LogP contribution in [0.5, 0.6) is 0 Å². The maximum Gasteiger partial charge on any atom is 0.237 e. The van der Waals surface area contributed by atoms with E-state index in [0.717, 1.165) is 97.1 Å². The minimum absolute atomic E-state index is 0.0496. The van der Waals surface area contributed by atoms with E-state index >= 15 is 0 Å². The Morgan fingerprint density at radius 3 is 1.63 bits per heavy atom. The van der Waals surface area contributed by atoms with Gasteiger partial charge < -0.3 is 10.6 Å². The Hall–Kier alpha value is -1.14. The molecule has 0 aliphatic carbocycles. The summed E-state index contributed by atoms with van der Waals surface area (Å²) in [7, 11) is 0. The van der Waals surface area contributed by atoms with Crippen molar-refractivity contribution in [3.63, 3.8) is 0 Å². The lowest BCUT2D eigenvalue weighted by Crippen LogP contribution is -2.46. The highest BCUT2D eigenvalue weighted by Crippen LogP contribution is 2.20. The van der Waals surface area contributed by atoms with E-state index in [4.69, 9.17) is 0 Å². The van der Waals surface area contributed by atoms with Crippen LogP contribution in [0, 0.1) is 0 Å². The van der Waals surface area contributed by atoms with Crippen LogP contribution in [0.2, 0.25) is 0 Å². The molecular weight excluding hydrogens is 340 g/mol. The summed E-state index contributed by atoms with van der Waals surface area (Å²) in [4.78, 5) is 29.5. The number of carbonyl (C=O) groups is 2. The first-order chi connectivity index (χ1) is 13.2. The fourth-order valence-electron chi connectivity index (χ4n) is 4.27. The van der Waals surface area contributed by atoms with Gasteiger partial charge in [0.25, 0.3) is 0 Å². The molecule has 0 spiro atoms. The lowest BCUT2D eigenvalue weighted by Gasteiger charge is -2.27. The molecule has 0 radical (unpaired) electrons. The van der Waals surface area contributed by atoms with Gasteiger partial charge in [-0.05, 0) is 58.0 Å². The zero-order valence-electron chi connectivity index (χ0n) is 17.5. The normalized spacial score (nSPS) is 23.6. The second kappa shape index (κ2) is 12.3. The van der Waals surface area contributed by atoms with Gasteiger partial charge in [0.05, 0.1) is 12.1 Å². The Morgan fingerprint density at radius 1 is 0.778 bits per heavy atom. The summed E-state index contributed by atoms with van der Waals surface area (Å²) in [6.07, 6.45) is 9.52. The van der Waals surface area contributed by atoms with Gasteiger partial charge in [-0.15, -0.1) is 0 Å². The van der Waals surface area contributed by atoms with Gasteiger partial charge in [-0.2, -0.15) is 0 Å². The second-order valence-electron chi connectivity index (χ2n) is 8.03. The molecular formula is C21H40N4O2. The van der Waals surface area contributed by atoms with Gasteiger partial charge in [0, 0.05) is 26.2 Å². The minimum Gasteiger partial charge on any atom is -0.355 e. The van der Waals surface area contributed by atoms with E-state index in [2.05, 4.69) is 34.3 Å². The lowest BCUT2D eigenvalue weighted by molar-refractivity contribution is -0.125. The molecule has 2 fully saturated rings. The molecule has 0 aromatic carbocycles. The summed E-state index contributed by atoms with van der Waals surface area (Å²) >= 11 is 0. The third kappa shape index (κ3) is 7.07. The quantitative estimate of drug-likeness (QED) is 0.509. The fourth-order valence-corrected chi connectivity index (χ4v) is 4.27. The number of likely N-dealkylation sites (tertiary alicyclic amines) is 2. The zero-order valence-corrected chi connectivity index (χ0v) is 17.5. The molecule has 2 aliphatic heterocycles. The molecule has 2 N–H and O–H groups in total. The standard InChI is InChI=1S/C21H40N4O2/c1-3-5-12-22-20(26)18-10-7-14-24(18)16-9-17-25-15-8-11-19(25)21(27)23-13-6-4-2/h18-19H,3-17H2,1-2H3,(H,22,26)(H,23,27)/t18-,19-/m0/s1. The van der Waals surface area contributed by atoms with E-state index in [9.17, 15) is 9.59 Å². The Labute approximate surface area is 165 Å². The first-order valence-corrected chi connectivity index (χ1v) is 11.2. The Bertz CT molecular complexity index is 417. The highest BCUT2D eigenvalue weighted by atomic mass is 16.2. The van der Waals surface area contributed by atoms with E-state index < -0.39 is 0 Å². The van der Waals surface area contributed by atoms with Crippen LogP contribution in [0.25, 0.3) is 0 Å². The van der Waals surface area contributed by atoms with Crippen LogP contribution in [0.3, 0.4) is 0 Å². The maximum atomic E-state index is 12.4. The number of rotatable bonds is 12. The fraction of sp³-hybridized carbons (Fsp3) is 0.905. The topological polar surface area (TPSA) is 64.7 Å². The van der Waals surface area contributed by atoms with Gasteiger partial charge in [-0.1, -0.05) is 26.7 Å². The summed E-state index contributed by atoms with van der Waals surface area (Å²) < 4.78 is 0. The van der Waals surface area contributed by atoms with Crippen molar-refractivity contribution < 1.29 is 9.59 Å². The molecule has 6 nitrogen and oxygen atoms in total. The number of hydrogen-bond acceptors (Lipinski definition) is 4. The number of unbranched alkanes of at least 4 members (excludes halogenated alkanes) is 2. The summed E-state index contributed by atoms with van der Waals surface area (Å²) in [6, 6.07) is 0.0992. The van der Waals surface area contributed by atoms with Gasteiger partial charge >= 0.3 is 0 Å². The predicted molar refractivity (Wildman–Crippen MR) is 110 cm³/mol. The number of hydrogen-bond donors (Lipinski definition) is 2. The van der Waals surface area contributed by atoms with Crippen molar-refractivity contribution in [2.24, 2.45) is 0 Å². The van der Waals surface area contributed by atoms with Gasteiger partial charge in [0.1, 0.15) is 0 Å². The molecule has 0 saturated carbocycles. The van der Waals surface area contributed by atoms with E-state index in [-0.39, 0.29) is 23.9 Å². The Morgan fingerprint density at radius 2 is 1.22 bits per heavy atom. The van der Waals surface area contributed by atoms with Gasteiger partial charge in [-0.25, -0.2) is 0 Å². The Balaban J connectivity index is 1.70. The van der Waals surface area contributed by atoms with Crippen LogP contribution in [-0.4, -0.2) is 73.0 Å². The number of nitrogens with zero attached hydrogens (tertiary/aromatic N) is 2. The van der Waals surface area contributed by atoms with Crippen LogP contribution in [0.15, 0.2) is 0 Å². The highest BCUT2D eigenvalue weighted by molar-refractivity contribution is 5.82. The summed E-state index contributed by atoms with van der Waals surface area (Å²) in [5.74, 6) is 0.408. The molecule has 0 aromatic rings. The number of nitrogens with one attached hydrogen (secondary N) is 2. The van der Waals surface area contributed by atoms with Crippen molar-refractivity contribution in [2.75, 3.05) is 39.3 Å². The number of carbonyl (C=O) groups excluding carboxylic acids is 2. The number of amides is 2. The average molecular weight is 381 g/mol. The van der Waals surface area contributed by atoms with Crippen LogP contribution in [0.4, 0.5) is 0 Å². The molecule has 2 atom stereocenters. The third-order valence-corrected chi connectivity index (χ3v) is 5.88. The molecule has 6 heteroatoms. The molecule has 2 heterocycles. The first kappa shape index (κ1) is 22.2. The van der Waals surface area contributed by atoms with E-state index in [0.29, 0.717) is 0 Å². The van der Waals surface area contributed by atoms with Crippen molar-refractivity contribution in [3.8, 4) is 0 Å². The van der Waals surface area contributed by atoms with E-state index in [1.807, 2.05) is 0 Å². The van der Waals surface area contributed by atoms with Crippen molar-refractivity contribution in [1.29, 1.82) is 0 Å². The first-order valence-electron chi connectivity index (χ1n) is 11.2. The van der Waals surface area contributed by atoms with Crippen LogP contribution < -0.4 is 10.6 Å². The van der Waals surface area contributed by atoms with E-state index in [1.165, 1.54) is 0 Å². The van der Waals surface area contributed by atoms with Crippen LogP contribution in [-0.2, 0) is 9.59 Å².